The van der Waals surface area contributed by atoms with Crippen molar-refractivity contribution in [2.24, 2.45) is 17.3 Å². The van der Waals surface area contributed by atoms with Crippen molar-refractivity contribution in [1.29, 1.82) is 0 Å². The molecular weight excluding hydrogens is 638 g/mol. The molecule has 0 saturated carbocycles. The first-order chi connectivity index (χ1) is 23.7. The monoisotopic (exact) mass is 695 g/mol. The Kier molecular flexibility index (Phi) is 12.7. The SMILES string of the molecule is C=CCCC(=O)N[C@H](COC)[C@H](OC(=O)[C@@H]1[C@H]2C(=O)N(CCCO)[C@H](C(=O)N(CC=C)C(C)(C)CC(C)(C)C)[C@]23CC[C@H]1O3)c1ccccc1. The number of esters is 1. The zero-order valence-corrected chi connectivity index (χ0v) is 30.7. The van der Waals surface area contributed by atoms with Crippen LogP contribution in [0.1, 0.15) is 84.8 Å². The van der Waals surface area contributed by atoms with E-state index in [9.17, 15) is 24.3 Å². The first kappa shape index (κ1) is 39.2. The summed E-state index contributed by atoms with van der Waals surface area (Å²) < 4.78 is 18.4. The quantitative estimate of drug-likeness (QED) is 0.171. The number of benzene rings is 1. The highest BCUT2D eigenvalue weighted by Gasteiger charge is 2.75. The minimum atomic E-state index is -1.23. The molecule has 3 heterocycles. The van der Waals surface area contributed by atoms with Gasteiger partial charge in [0.2, 0.25) is 17.7 Å². The Hall–Kier alpha value is -3.54. The lowest BCUT2D eigenvalue weighted by Crippen LogP contribution is -2.61. The number of hydrogen-bond donors (Lipinski definition) is 2. The van der Waals surface area contributed by atoms with Gasteiger partial charge in [-0.3, -0.25) is 19.2 Å². The molecule has 0 aromatic heterocycles. The predicted molar refractivity (Wildman–Crippen MR) is 190 cm³/mol. The minimum Gasteiger partial charge on any atom is -0.455 e. The van der Waals surface area contributed by atoms with E-state index >= 15 is 0 Å². The maximum atomic E-state index is 14.9. The second-order valence-corrected chi connectivity index (χ2v) is 15.7. The van der Waals surface area contributed by atoms with Crippen LogP contribution >= 0.6 is 0 Å². The van der Waals surface area contributed by atoms with Gasteiger partial charge in [0.25, 0.3) is 0 Å². The molecule has 3 amide bonds. The molecule has 276 valence electrons. The van der Waals surface area contributed by atoms with Crippen molar-refractivity contribution in [1.82, 2.24) is 15.1 Å². The lowest BCUT2D eigenvalue weighted by Gasteiger charge is -2.45. The third kappa shape index (κ3) is 8.16. The molecule has 4 rings (SSSR count). The van der Waals surface area contributed by atoms with Crippen LogP contribution in [-0.4, -0.2) is 101 Å². The van der Waals surface area contributed by atoms with Crippen molar-refractivity contribution in [3.05, 3.63) is 61.2 Å². The topological polar surface area (TPSA) is 135 Å². The summed E-state index contributed by atoms with van der Waals surface area (Å²) in [6, 6.07) is 7.41. The van der Waals surface area contributed by atoms with Crippen LogP contribution < -0.4 is 5.32 Å². The summed E-state index contributed by atoms with van der Waals surface area (Å²) >= 11 is 0. The molecule has 50 heavy (non-hydrogen) atoms. The molecule has 1 aromatic rings. The van der Waals surface area contributed by atoms with E-state index in [1.807, 2.05) is 44.2 Å². The van der Waals surface area contributed by atoms with Crippen LogP contribution in [0, 0.1) is 17.3 Å². The standard InChI is InChI=1S/C39H57N3O8/c1-9-11-18-29(44)40-27(24-48-8)32(26-16-13-12-14-17-26)49-36(47)30-28-19-20-39(50-28)31(30)34(45)41(22-15-23-43)33(39)35(46)42(21-10-2)38(6,7)25-37(3,4)5/h9-10,12-14,16-17,27-28,30-33,43H,1-2,11,15,18-25H2,3-8H3,(H,40,44)/t27-,28-,30+,31+,32-,33-,39+/m1/s1. The van der Waals surface area contributed by atoms with Crippen molar-refractivity contribution in [3.8, 4) is 0 Å². The number of amides is 3. The second kappa shape index (κ2) is 16.2. The molecule has 2 N–H and O–H groups in total. The summed E-state index contributed by atoms with van der Waals surface area (Å²) in [6.45, 7) is 18.3. The highest BCUT2D eigenvalue weighted by atomic mass is 16.6. The number of aliphatic hydroxyl groups excluding tert-OH is 1. The predicted octanol–water partition coefficient (Wildman–Crippen LogP) is 4.35. The van der Waals surface area contributed by atoms with Crippen LogP contribution in [-0.2, 0) is 33.4 Å². The van der Waals surface area contributed by atoms with E-state index in [0.717, 1.165) is 0 Å². The number of allylic oxidation sites excluding steroid dienone is 1. The lowest BCUT2D eigenvalue weighted by atomic mass is 9.70. The van der Waals surface area contributed by atoms with Gasteiger partial charge in [0.15, 0.2) is 0 Å². The Balaban J connectivity index is 1.71. The van der Waals surface area contributed by atoms with Crippen LogP contribution in [0.5, 0.6) is 0 Å². The van der Waals surface area contributed by atoms with E-state index in [-0.39, 0.29) is 62.3 Å². The molecule has 11 nitrogen and oxygen atoms in total. The number of hydrogen-bond acceptors (Lipinski definition) is 8. The average molecular weight is 696 g/mol. The molecule has 3 aliphatic heterocycles. The van der Waals surface area contributed by atoms with Gasteiger partial charge in [0.05, 0.1) is 30.6 Å². The van der Waals surface area contributed by atoms with E-state index in [1.165, 1.54) is 12.0 Å². The zero-order chi connectivity index (χ0) is 36.9. The number of likely N-dealkylation sites (tertiary alicyclic amines) is 1. The number of ether oxygens (including phenoxy) is 3. The Bertz CT molecular complexity index is 1390. The average Bonchev–Trinajstić information content (AvgIpc) is 3.70. The first-order valence-corrected chi connectivity index (χ1v) is 17.8. The van der Waals surface area contributed by atoms with Crippen LogP contribution in [0.25, 0.3) is 0 Å². The maximum Gasteiger partial charge on any atom is 0.313 e. The molecule has 1 aromatic carbocycles. The Morgan fingerprint density at radius 1 is 1.16 bits per heavy atom. The number of carbonyl (C=O) groups is 4. The largest absolute Gasteiger partial charge is 0.455 e. The normalized spacial score (nSPS) is 25.5. The molecular formula is C39H57N3O8. The van der Waals surface area contributed by atoms with Crippen molar-refractivity contribution in [2.75, 3.05) is 33.4 Å². The van der Waals surface area contributed by atoms with Crippen molar-refractivity contribution in [2.45, 2.75) is 109 Å². The van der Waals surface area contributed by atoms with E-state index in [0.29, 0.717) is 31.2 Å². The Labute approximate surface area is 297 Å². The number of aliphatic hydroxyl groups is 1. The van der Waals surface area contributed by atoms with Crippen LogP contribution in [0.2, 0.25) is 0 Å². The minimum absolute atomic E-state index is 0.0680. The number of nitrogens with one attached hydrogen (secondary N) is 1. The van der Waals surface area contributed by atoms with Gasteiger partial charge in [-0.1, -0.05) is 63.3 Å². The van der Waals surface area contributed by atoms with Gasteiger partial charge in [-0.2, -0.15) is 0 Å². The van der Waals surface area contributed by atoms with Gasteiger partial charge in [0, 0.05) is 38.8 Å². The fourth-order valence-corrected chi connectivity index (χ4v) is 8.61. The molecule has 7 atom stereocenters. The summed E-state index contributed by atoms with van der Waals surface area (Å²) in [5.74, 6) is -3.39. The fourth-order valence-electron chi connectivity index (χ4n) is 8.61. The van der Waals surface area contributed by atoms with E-state index < -0.39 is 53.2 Å². The number of carbonyl (C=O) groups excluding carboxylic acids is 4. The van der Waals surface area contributed by atoms with Crippen LogP contribution in [0.4, 0.5) is 0 Å². The molecule has 0 unspecified atom stereocenters. The molecule has 1 spiro atoms. The maximum absolute atomic E-state index is 14.9. The summed E-state index contributed by atoms with van der Waals surface area (Å²) in [7, 11) is 1.51. The summed E-state index contributed by atoms with van der Waals surface area (Å²) in [5, 5.41) is 12.7. The van der Waals surface area contributed by atoms with Gasteiger partial charge in [0.1, 0.15) is 17.7 Å². The van der Waals surface area contributed by atoms with E-state index in [4.69, 9.17) is 14.2 Å². The number of nitrogens with zero attached hydrogens (tertiary/aromatic N) is 2. The summed E-state index contributed by atoms with van der Waals surface area (Å²) in [4.78, 5) is 59.9. The van der Waals surface area contributed by atoms with Crippen molar-refractivity contribution in [3.63, 3.8) is 0 Å². The second-order valence-electron chi connectivity index (χ2n) is 15.7. The van der Waals surface area contributed by atoms with Gasteiger partial charge >= 0.3 is 5.97 Å². The van der Waals surface area contributed by atoms with E-state index in [2.05, 4.69) is 39.2 Å². The molecule has 3 fully saturated rings. The zero-order valence-electron chi connectivity index (χ0n) is 30.7. The third-order valence-electron chi connectivity index (χ3n) is 10.1. The Morgan fingerprint density at radius 2 is 1.86 bits per heavy atom. The fraction of sp³-hybridized carbons (Fsp3) is 0.641. The number of rotatable bonds is 18. The number of methoxy groups -OCH3 is 1. The molecule has 2 bridgehead atoms. The molecule has 11 heteroatoms. The van der Waals surface area contributed by atoms with Gasteiger partial charge < -0.3 is 34.4 Å². The van der Waals surface area contributed by atoms with Crippen molar-refractivity contribution >= 4 is 23.7 Å². The molecule has 3 aliphatic rings. The van der Waals surface area contributed by atoms with Crippen LogP contribution in [0.3, 0.4) is 0 Å². The van der Waals surface area contributed by atoms with Gasteiger partial charge in [-0.05, 0) is 56.9 Å². The van der Waals surface area contributed by atoms with Gasteiger partial charge in [-0.15, -0.1) is 13.2 Å². The summed E-state index contributed by atoms with van der Waals surface area (Å²) in [5.41, 5.74) is -1.26. The highest BCUT2D eigenvalue weighted by Crippen LogP contribution is 2.59. The van der Waals surface area contributed by atoms with Crippen molar-refractivity contribution < 1.29 is 38.5 Å². The third-order valence-corrected chi connectivity index (χ3v) is 10.1. The van der Waals surface area contributed by atoms with Crippen LogP contribution in [0.15, 0.2) is 55.6 Å². The first-order valence-electron chi connectivity index (χ1n) is 17.8. The molecule has 0 radical (unpaired) electrons. The van der Waals surface area contributed by atoms with Gasteiger partial charge in [-0.25, -0.2) is 0 Å². The summed E-state index contributed by atoms with van der Waals surface area (Å²) in [6.07, 6.45) is 4.37. The molecule has 3 saturated heterocycles. The Morgan fingerprint density at radius 3 is 2.46 bits per heavy atom. The molecule has 0 aliphatic carbocycles. The smallest absolute Gasteiger partial charge is 0.313 e. The van der Waals surface area contributed by atoms with E-state index in [1.54, 1.807) is 17.1 Å². The lowest BCUT2D eigenvalue weighted by molar-refractivity contribution is -0.163. The highest BCUT2D eigenvalue weighted by molar-refractivity contribution is 5.98. The number of fused-ring (bicyclic) bond motifs is 1.